The molecule has 4 heteroatoms. The van der Waals surface area contributed by atoms with E-state index < -0.39 is 0 Å². The molecule has 0 bridgehead atoms. The Labute approximate surface area is 134 Å². The summed E-state index contributed by atoms with van der Waals surface area (Å²) < 4.78 is 1.11. The average molecular weight is 346 g/mol. The van der Waals surface area contributed by atoms with E-state index in [4.69, 9.17) is 0 Å². The summed E-state index contributed by atoms with van der Waals surface area (Å²) in [5.41, 5.74) is 2.32. The molecule has 1 fully saturated rings. The minimum absolute atomic E-state index is 0.252. The Bertz CT molecular complexity index is 591. The van der Waals surface area contributed by atoms with Gasteiger partial charge in [0.25, 0.3) is 0 Å². The molecule has 1 atom stereocenters. The number of nitrogens with one attached hydrogen (secondary N) is 1. The van der Waals surface area contributed by atoms with Gasteiger partial charge in [-0.3, -0.25) is 0 Å². The minimum atomic E-state index is 0.252. The van der Waals surface area contributed by atoms with E-state index in [1.807, 2.05) is 12.3 Å². The topological polar surface area (TPSA) is 28.2 Å². The van der Waals surface area contributed by atoms with Gasteiger partial charge in [0.15, 0.2) is 0 Å². The molecule has 110 valence electrons. The highest BCUT2D eigenvalue weighted by atomic mass is 79.9. The molecule has 1 N–H and O–H groups in total. The second-order valence-corrected chi connectivity index (χ2v) is 6.44. The molecule has 21 heavy (non-hydrogen) atoms. The molecule has 0 amide bonds. The number of pyridine rings is 1. The third kappa shape index (κ3) is 3.56. The van der Waals surface area contributed by atoms with Gasteiger partial charge in [0, 0.05) is 23.6 Å². The lowest BCUT2D eigenvalue weighted by Crippen LogP contribution is -2.18. The van der Waals surface area contributed by atoms with Crippen LogP contribution in [0.2, 0.25) is 0 Å². The highest BCUT2D eigenvalue weighted by Crippen LogP contribution is 2.23. The van der Waals surface area contributed by atoms with Crippen LogP contribution in [-0.4, -0.2) is 18.1 Å². The predicted octanol–water partition coefficient (Wildman–Crippen LogP) is 4.62. The van der Waals surface area contributed by atoms with E-state index in [9.17, 15) is 0 Å². The number of benzene rings is 1. The van der Waals surface area contributed by atoms with Crippen molar-refractivity contribution in [1.82, 2.24) is 4.98 Å². The normalized spacial score (nSPS) is 16.0. The van der Waals surface area contributed by atoms with Gasteiger partial charge in [0.2, 0.25) is 0 Å². The van der Waals surface area contributed by atoms with Crippen molar-refractivity contribution in [2.45, 2.75) is 25.8 Å². The number of nitrogens with zero attached hydrogens (tertiary/aromatic N) is 2. The Balaban J connectivity index is 1.67. The van der Waals surface area contributed by atoms with Gasteiger partial charge in [-0.25, -0.2) is 4.98 Å². The van der Waals surface area contributed by atoms with Crippen molar-refractivity contribution in [2.24, 2.45) is 0 Å². The van der Waals surface area contributed by atoms with Crippen molar-refractivity contribution in [3.8, 4) is 0 Å². The fourth-order valence-electron chi connectivity index (χ4n) is 2.71. The summed E-state index contributed by atoms with van der Waals surface area (Å²) in [6, 6.07) is 12.9. The van der Waals surface area contributed by atoms with Crippen LogP contribution in [0, 0.1) is 0 Å². The van der Waals surface area contributed by atoms with Gasteiger partial charge in [-0.05, 0) is 49.6 Å². The van der Waals surface area contributed by atoms with Crippen LogP contribution in [0.4, 0.5) is 11.5 Å². The van der Waals surface area contributed by atoms with Crippen molar-refractivity contribution in [3.05, 3.63) is 52.6 Å². The Hall–Kier alpha value is -1.55. The van der Waals surface area contributed by atoms with Crippen molar-refractivity contribution in [3.63, 3.8) is 0 Å². The van der Waals surface area contributed by atoms with Crippen molar-refractivity contribution < 1.29 is 0 Å². The SMILES string of the molecule is CC(Nc1ccc(N2CCCC2)nc1)c1cccc(Br)c1. The Morgan fingerprint density at radius 3 is 2.67 bits per heavy atom. The zero-order valence-electron chi connectivity index (χ0n) is 12.2. The maximum atomic E-state index is 4.58. The van der Waals surface area contributed by atoms with Crippen LogP contribution in [0.15, 0.2) is 47.1 Å². The minimum Gasteiger partial charge on any atom is -0.377 e. The zero-order valence-corrected chi connectivity index (χ0v) is 13.8. The Morgan fingerprint density at radius 1 is 1.19 bits per heavy atom. The monoisotopic (exact) mass is 345 g/mol. The molecule has 1 aromatic carbocycles. The van der Waals surface area contributed by atoms with Gasteiger partial charge in [-0.1, -0.05) is 28.1 Å². The van der Waals surface area contributed by atoms with Crippen LogP contribution < -0.4 is 10.2 Å². The van der Waals surface area contributed by atoms with Crippen molar-refractivity contribution >= 4 is 27.4 Å². The fourth-order valence-corrected chi connectivity index (χ4v) is 3.13. The summed E-state index contributed by atoms with van der Waals surface area (Å²) in [5, 5.41) is 3.50. The quantitative estimate of drug-likeness (QED) is 0.876. The van der Waals surface area contributed by atoms with Crippen LogP contribution >= 0.6 is 15.9 Å². The molecule has 3 rings (SSSR count). The van der Waals surface area contributed by atoms with Gasteiger partial charge < -0.3 is 10.2 Å². The molecule has 0 spiro atoms. The van der Waals surface area contributed by atoms with Crippen LogP contribution in [0.25, 0.3) is 0 Å². The highest BCUT2D eigenvalue weighted by Gasteiger charge is 2.13. The van der Waals surface area contributed by atoms with Gasteiger partial charge in [0.1, 0.15) is 5.82 Å². The zero-order chi connectivity index (χ0) is 14.7. The second kappa shape index (κ2) is 6.48. The summed E-state index contributed by atoms with van der Waals surface area (Å²) >= 11 is 3.52. The van der Waals surface area contributed by atoms with E-state index in [0.29, 0.717) is 0 Å². The van der Waals surface area contributed by atoms with Gasteiger partial charge >= 0.3 is 0 Å². The van der Waals surface area contributed by atoms with Crippen LogP contribution in [0.3, 0.4) is 0 Å². The molecule has 0 aliphatic carbocycles. The summed E-state index contributed by atoms with van der Waals surface area (Å²) in [5.74, 6) is 1.09. The largest absolute Gasteiger partial charge is 0.377 e. The van der Waals surface area contributed by atoms with E-state index >= 15 is 0 Å². The fraction of sp³-hybridized carbons (Fsp3) is 0.353. The molecule has 1 aromatic heterocycles. The van der Waals surface area contributed by atoms with Crippen molar-refractivity contribution in [2.75, 3.05) is 23.3 Å². The number of aromatic nitrogens is 1. The molecule has 1 saturated heterocycles. The first kappa shape index (κ1) is 14.4. The maximum Gasteiger partial charge on any atom is 0.128 e. The molecule has 1 unspecified atom stereocenters. The van der Waals surface area contributed by atoms with Gasteiger partial charge in [0.05, 0.1) is 11.9 Å². The molecule has 2 heterocycles. The first-order valence-corrected chi connectivity index (χ1v) is 8.25. The highest BCUT2D eigenvalue weighted by molar-refractivity contribution is 9.10. The van der Waals surface area contributed by atoms with Crippen LogP contribution in [-0.2, 0) is 0 Å². The number of rotatable bonds is 4. The first-order chi connectivity index (χ1) is 10.2. The maximum absolute atomic E-state index is 4.58. The van der Waals surface area contributed by atoms with E-state index in [1.54, 1.807) is 0 Å². The molecular formula is C17H20BrN3. The molecule has 1 aliphatic heterocycles. The average Bonchev–Trinajstić information content (AvgIpc) is 3.02. The Morgan fingerprint density at radius 2 is 2.00 bits per heavy atom. The summed E-state index contributed by atoms with van der Waals surface area (Å²) in [6.45, 7) is 4.43. The third-order valence-electron chi connectivity index (χ3n) is 3.91. The molecule has 0 radical (unpaired) electrons. The molecule has 3 nitrogen and oxygen atoms in total. The second-order valence-electron chi connectivity index (χ2n) is 5.52. The summed E-state index contributed by atoms with van der Waals surface area (Å²) in [7, 11) is 0. The van der Waals surface area contributed by atoms with E-state index in [0.717, 1.165) is 29.1 Å². The van der Waals surface area contributed by atoms with Crippen molar-refractivity contribution in [1.29, 1.82) is 0 Å². The standard InChI is InChI=1S/C17H20BrN3/c1-13(14-5-4-6-15(18)11-14)20-16-7-8-17(19-12-16)21-9-2-3-10-21/h4-8,11-13,20H,2-3,9-10H2,1H3. The predicted molar refractivity (Wildman–Crippen MR) is 91.9 cm³/mol. The lowest BCUT2D eigenvalue weighted by atomic mass is 10.1. The lowest BCUT2D eigenvalue weighted by molar-refractivity contribution is 0.879. The molecule has 0 saturated carbocycles. The first-order valence-electron chi connectivity index (χ1n) is 7.45. The van der Waals surface area contributed by atoms with E-state index in [1.165, 1.54) is 18.4 Å². The Kier molecular flexibility index (Phi) is 4.44. The smallest absolute Gasteiger partial charge is 0.128 e. The van der Waals surface area contributed by atoms with Crippen LogP contribution in [0.5, 0.6) is 0 Å². The summed E-state index contributed by atoms with van der Waals surface area (Å²) in [6.07, 6.45) is 4.49. The number of hydrogen-bond donors (Lipinski definition) is 1. The number of anilines is 2. The number of hydrogen-bond acceptors (Lipinski definition) is 3. The molecule has 1 aliphatic rings. The van der Waals surface area contributed by atoms with Crippen LogP contribution in [0.1, 0.15) is 31.4 Å². The molecular weight excluding hydrogens is 326 g/mol. The third-order valence-corrected chi connectivity index (χ3v) is 4.40. The van der Waals surface area contributed by atoms with E-state index in [2.05, 4.69) is 68.4 Å². The van der Waals surface area contributed by atoms with Gasteiger partial charge in [-0.15, -0.1) is 0 Å². The van der Waals surface area contributed by atoms with Gasteiger partial charge in [-0.2, -0.15) is 0 Å². The summed E-state index contributed by atoms with van der Waals surface area (Å²) in [4.78, 5) is 6.93. The number of halogens is 1. The lowest BCUT2D eigenvalue weighted by Gasteiger charge is -2.18. The van der Waals surface area contributed by atoms with E-state index in [-0.39, 0.29) is 6.04 Å². The molecule has 2 aromatic rings.